The van der Waals surface area contributed by atoms with E-state index in [0.717, 1.165) is 0 Å². The van der Waals surface area contributed by atoms with Crippen molar-refractivity contribution in [2.24, 2.45) is 5.14 Å². The summed E-state index contributed by atoms with van der Waals surface area (Å²) in [6, 6.07) is 0.442. The van der Waals surface area contributed by atoms with Crippen LogP contribution in [0, 0.1) is 0 Å². The minimum absolute atomic E-state index is 0.0699. The average molecular weight is 484 g/mol. The van der Waals surface area contributed by atoms with Crippen molar-refractivity contribution in [3.8, 4) is 0 Å². The number of carbonyl (C=O) groups is 2. The lowest BCUT2D eigenvalue weighted by molar-refractivity contribution is -0.151. The molecule has 0 aliphatic carbocycles. The molecule has 0 spiro atoms. The van der Waals surface area contributed by atoms with Crippen LogP contribution in [-0.4, -0.2) is 77.9 Å². The molecule has 1 aromatic heterocycles. The molecule has 0 saturated carbocycles. The van der Waals surface area contributed by atoms with Gasteiger partial charge >= 0.3 is 5.97 Å². The van der Waals surface area contributed by atoms with Crippen molar-refractivity contribution < 1.29 is 35.9 Å². The van der Waals surface area contributed by atoms with Gasteiger partial charge in [-0.25, -0.2) is 22.0 Å². The molecule has 170 valence electrons. The minimum atomic E-state index is -4.14. The van der Waals surface area contributed by atoms with Crippen molar-refractivity contribution in [3.63, 3.8) is 0 Å². The lowest BCUT2D eigenvalue weighted by Gasteiger charge is -2.38. The van der Waals surface area contributed by atoms with Crippen LogP contribution in [0.5, 0.6) is 0 Å². The Bertz CT molecular complexity index is 1000. The van der Waals surface area contributed by atoms with E-state index in [2.05, 4.69) is 0 Å². The van der Waals surface area contributed by atoms with Crippen LogP contribution in [0.15, 0.2) is 14.5 Å². The van der Waals surface area contributed by atoms with Crippen LogP contribution in [0.1, 0.15) is 31.9 Å². The van der Waals surface area contributed by atoms with Crippen LogP contribution >= 0.6 is 11.3 Å². The van der Waals surface area contributed by atoms with Gasteiger partial charge in [0.05, 0.1) is 6.04 Å². The lowest BCUT2D eigenvalue weighted by atomic mass is 10.1. The second kappa shape index (κ2) is 9.70. The number of hydrogen-bond acceptors (Lipinski definition) is 9. The lowest BCUT2D eigenvalue weighted by Crippen LogP contribution is -2.48. The zero-order valence-corrected chi connectivity index (χ0v) is 19.3. The molecule has 11 nitrogen and oxygen atoms in total. The van der Waals surface area contributed by atoms with Crippen molar-refractivity contribution in [3.05, 3.63) is 11.6 Å². The van der Waals surface area contributed by atoms with E-state index in [4.69, 9.17) is 14.6 Å². The molecule has 0 saturated heterocycles. The quantitative estimate of drug-likeness (QED) is 0.377. The van der Waals surface area contributed by atoms with Gasteiger partial charge in [-0.3, -0.25) is 9.59 Å². The fourth-order valence-electron chi connectivity index (χ4n) is 3.13. The number of nitrogens with two attached hydrogens (primary N) is 1. The van der Waals surface area contributed by atoms with Gasteiger partial charge < -0.3 is 14.4 Å². The minimum Gasteiger partial charge on any atom is -0.456 e. The van der Waals surface area contributed by atoms with Gasteiger partial charge in [0.15, 0.2) is 6.61 Å². The number of esters is 1. The van der Waals surface area contributed by atoms with E-state index < -0.39 is 44.6 Å². The fraction of sp³-hybridized carbons (Fsp3) is 0.625. The molecule has 0 radical (unpaired) electrons. The number of ether oxygens (including phenoxy) is 2. The summed E-state index contributed by atoms with van der Waals surface area (Å²) >= 11 is 0.557. The standard InChI is InChI=1S/C16H25N3O8S3/c1-4-19(14(21)10-27-11(2)20)13-9-18(6-5-7-26-3)30(24,25)16-12(13)8-15(28-16)29(17,22)23/h8,13H,4-7,9-10H2,1-3H3,(H2,17,22,23)/t13-/m0/s1. The molecule has 0 aromatic carbocycles. The highest BCUT2D eigenvalue weighted by molar-refractivity contribution is 7.94. The number of carbonyl (C=O) groups excluding carboxylic acids is 2. The third-order valence-electron chi connectivity index (χ3n) is 4.48. The predicted octanol–water partition coefficient (Wildman–Crippen LogP) is -0.111. The van der Waals surface area contributed by atoms with E-state index in [9.17, 15) is 26.4 Å². The molecule has 0 unspecified atom stereocenters. The molecule has 1 aliphatic heterocycles. The van der Waals surface area contributed by atoms with E-state index in [1.165, 1.54) is 29.3 Å². The van der Waals surface area contributed by atoms with Crippen LogP contribution in [0.25, 0.3) is 0 Å². The maximum atomic E-state index is 13.1. The molecule has 1 aliphatic rings. The van der Waals surface area contributed by atoms with Crippen LogP contribution in [-0.2, 0) is 39.1 Å². The Balaban J connectivity index is 2.51. The van der Waals surface area contributed by atoms with Crippen molar-refractivity contribution >= 4 is 43.3 Å². The maximum absolute atomic E-state index is 13.1. The molecule has 1 amide bonds. The number of hydrogen-bond donors (Lipinski definition) is 1. The Morgan fingerprint density at radius 1 is 1.40 bits per heavy atom. The summed E-state index contributed by atoms with van der Waals surface area (Å²) in [4.78, 5) is 25.1. The van der Waals surface area contributed by atoms with Gasteiger partial charge in [-0.15, -0.1) is 11.3 Å². The van der Waals surface area contributed by atoms with Crippen LogP contribution in [0.2, 0.25) is 0 Å². The molecule has 1 atom stereocenters. The highest BCUT2D eigenvalue weighted by Crippen LogP contribution is 2.42. The fourth-order valence-corrected chi connectivity index (χ4v) is 7.41. The molecule has 0 fully saturated rings. The number of methoxy groups -OCH3 is 1. The largest absolute Gasteiger partial charge is 0.456 e. The summed E-state index contributed by atoms with van der Waals surface area (Å²) < 4.78 is 60.3. The number of primary sulfonamides is 1. The molecule has 1 aromatic rings. The first-order valence-corrected chi connectivity index (χ1v) is 12.8. The first-order valence-electron chi connectivity index (χ1n) is 9.01. The summed E-state index contributed by atoms with van der Waals surface area (Å²) in [7, 11) is -6.62. The number of thiophene rings is 1. The van der Waals surface area contributed by atoms with Gasteiger partial charge in [0.2, 0.25) is 10.0 Å². The van der Waals surface area contributed by atoms with E-state index in [0.29, 0.717) is 24.4 Å². The SMILES string of the molecule is CCN(C(=O)COC(C)=O)[C@H]1CN(CCCOC)S(=O)(=O)c2sc(S(N)(=O)=O)cc21. The van der Waals surface area contributed by atoms with Crippen LogP contribution < -0.4 is 5.14 Å². The normalized spacial score (nSPS) is 18.6. The second-order valence-corrected chi connectivity index (χ2v) is 11.5. The summed E-state index contributed by atoms with van der Waals surface area (Å²) in [5, 5.41) is 5.20. The highest BCUT2D eigenvalue weighted by atomic mass is 32.3. The summed E-state index contributed by atoms with van der Waals surface area (Å²) in [5.41, 5.74) is 0.185. The van der Waals surface area contributed by atoms with Crippen LogP contribution in [0.4, 0.5) is 0 Å². The third-order valence-corrected chi connectivity index (χ3v) is 9.45. The number of sulfonamides is 2. The molecule has 14 heteroatoms. The van der Waals surface area contributed by atoms with Crippen molar-refractivity contribution in [2.75, 3.05) is 40.0 Å². The summed E-state index contributed by atoms with van der Waals surface area (Å²) in [6.07, 6.45) is 0.415. The molecule has 30 heavy (non-hydrogen) atoms. The van der Waals surface area contributed by atoms with Gasteiger partial charge in [-0.2, -0.15) is 4.31 Å². The Hall–Kier alpha value is -1.58. The van der Waals surface area contributed by atoms with E-state index in [-0.39, 0.29) is 33.6 Å². The topological polar surface area (TPSA) is 153 Å². The van der Waals surface area contributed by atoms with Gasteiger partial charge in [0, 0.05) is 45.8 Å². The molecular formula is C16H25N3O8S3. The molecule has 2 N–H and O–H groups in total. The van der Waals surface area contributed by atoms with E-state index >= 15 is 0 Å². The molecule has 2 heterocycles. The number of nitrogens with zero attached hydrogens (tertiary/aromatic N) is 2. The molecular weight excluding hydrogens is 458 g/mol. The third kappa shape index (κ3) is 5.36. The predicted molar refractivity (Wildman–Crippen MR) is 108 cm³/mol. The van der Waals surface area contributed by atoms with Crippen LogP contribution in [0.3, 0.4) is 0 Å². The first-order chi connectivity index (χ1) is 13.9. The summed E-state index contributed by atoms with van der Waals surface area (Å²) in [5.74, 6) is -1.15. The van der Waals surface area contributed by atoms with Crippen molar-refractivity contribution in [1.82, 2.24) is 9.21 Å². The first kappa shape index (κ1) is 24.7. The number of fused-ring (bicyclic) bond motifs is 1. The molecule has 0 bridgehead atoms. The zero-order chi connectivity index (χ0) is 22.7. The Kier molecular flexibility index (Phi) is 7.98. The number of rotatable bonds is 9. The second-order valence-electron chi connectivity index (χ2n) is 6.54. The smallest absolute Gasteiger partial charge is 0.303 e. The van der Waals surface area contributed by atoms with E-state index in [1.807, 2.05) is 0 Å². The van der Waals surface area contributed by atoms with Crippen molar-refractivity contribution in [2.45, 2.75) is 34.7 Å². The number of amides is 1. The zero-order valence-electron chi connectivity index (χ0n) is 16.9. The molecule has 2 rings (SSSR count). The highest BCUT2D eigenvalue weighted by Gasteiger charge is 2.42. The van der Waals surface area contributed by atoms with Gasteiger partial charge in [-0.1, -0.05) is 0 Å². The van der Waals surface area contributed by atoms with Gasteiger partial charge in [-0.05, 0) is 19.4 Å². The Morgan fingerprint density at radius 2 is 2.07 bits per heavy atom. The Morgan fingerprint density at radius 3 is 2.60 bits per heavy atom. The van der Waals surface area contributed by atoms with Gasteiger partial charge in [0.1, 0.15) is 8.42 Å². The van der Waals surface area contributed by atoms with Gasteiger partial charge in [0.25, 0.3) is 15.9 Å². The maximum Gasteiger partial charge on any atom is 0.303 e. The van der Waals surface area contributed by atoms with E-state index in [1.54, 1.807) is 6.92 Å². The Labute approximate surface area is 179 Å². The van der Waals surface area contributed by atoms with Crippen molar-refractivity contribution in [1.29, 1.82) is 0 Å². The average Bonchev–Trinajstić information content (AvgIpc) is 3.11. The number of likely N-dealkylation sites (N-methyl/N-ethyl adjacent to an activating group) is 1. The summed E-state index contributed by atoms with van der Waals surface area (Å²) in [6.45, 7) is 2.94. The monoisotopic (exact) mass is 483 g/mol.